The summed E-state index contributed by atoms with van der Waals surface area (Å²) >= 11 is 1.33. The lowest BCUT2D eigenvalue weighted by Crippen LogP contribution is -2.43. The maximum absolute atomic E-state index is 12.9. The molecule has 2 rings (SSSR count). The first-order chi connectivity index (χ1) is 7.13. The lowest BCUT2D eigenvalue weighted by Gasteiger charge is -2.38. The Kier molecular flexibility index (Phi) is 2.68. The number of rotatable bonds is 2. The Labute approximate surface area is 91.7 Å². The van der Waals surface area contributed by atoms with Gasteiger partial charge in [0.05, 0.1) is 12.2 Å². The molecule has 0 radical (unpaired) electrons. The molecular formula is C11H10FNOS. The van der Waals surface area contributed by atoms with E-state index in [0.29, 0.717) is 12.8 Å². The average molecular weight is 223 g/mol. The number of hydrogen-bond donors (Lipinski definition) is 1. The van der Waals surface area contributed by atoms with Crippen molar-refractivity contribution in [3.05, 3.63) is 30.1 Å². The van der Waals surface area contributed by atoms with Crippen LogP contribution in [0.5, 0.6) is 0 Å². The number of aliphatic hydroxyl groups excluding tert-OH is 1. The van der Waals surface area contributed by atoms with Crippen LogP contribution < -0.4 is 0 Å². The maximum atomic E-state index is 12.9. The first kappa shape index (κ1) is 10.5. The molecule has 0 bridgehead atoms. The number of halogens is 1. The molecule has 0 heterocycles. The normalized spacial score (nSPS) is 29.3. The Morgan fingerprint density at radius 2 is 2.27 bits per heavy atom. The summed E-state index contributed by atoms with van der Waals surface area (Å²) in [5, 5.41) is 18.2. The fraction of sp³-hybridized carbons (Fsp3) is 0.364. The van der Waals surface area contributed by atoms with Crippen molar-refractivity contribution in [3.63, 3.8) is 0 Å². The second kappa shape index (κ2) is 3.84. The van der Waals surface area contributed by atoms with Crippen LogP contribution >= 0.6 is 11.8 Å². The summed E-state index contributed by atoms with van der Waals surface area (Å²) < 4.78 is 12.3. The topological polar surface area (TPSA) is 44.0 Å². The van der Waals surface area contributed by atoms with E-state index in [4.69, 9.17) is 5.26 Å². The van der Waals surface area contributed by atoms with Crippen molar-refractivity contribution >= 4 is 11.8 Å². The zero-order valence-electron chi connectivity index (χ0n) is 7.98. The Morgan fingerprint density at radius 1 is 1.53 bits per heavy atom. The van der Waals surface area contributed by atoms with Gasteiger partial charge in [-0.05, 0) is 18.2 Å². The van der Waals surface area contributed by atoms with Crippen LogP contribution in [-0.4, -0.2) is 16.0 Å². The molecule has 78 valence electrons. The first-order valence-corrected chi connectivity index (χ1v) is 5.49. The van der Waals surface area contributed by atoms with Crippen LogP contribution in [0.15, 0.2) is 29.2 Å². The van der Waals surface area contributed by atoms with Gasteiger partial charge >= 0.3 is 0 Å². The predicted molar refractivity (Wildman–Crippen MR) is 55.8 cm³/mol. The number of nitriles is 1. The third-order valence-electron chi connectivity index (χ3n) is 2.44. The maximum Gasteiger partial charge on any atom is 0.124 e. The summed E-state index contributed by atoms with van der Waals surface area (Å²) in [6.45, 7) is 0. The van der Waals surface area contributed by atoms with Crippen LogP contribution in [-0.2, 0) is 0 Å². The van der Waals surface area contributed by atoms with Gasteiger partial charge in [0, 0.05) is 17.7 Å². The summed E-state index contributed by atoms with van der Waals surface area (Å²) in [4.78, 5) is 0.739. The fourth-order valence-corrected chi connectivity index (χ4v) is 3.02. The molecule has 4 heteroatoms. The molecule has 0 saturated heterocycles. The molecule has 0 amide bonds. The van der Waals surface area contributed by atoms with Gasteiger partial charge in [-0.15, -0.1) is 11.8 Å². The summed E-state index contributed by atoms with van der Waals surface area (Å²) in [6.07, 6.45) is 0.542. The van der Waals surface area contributed by atoms with E-state index in [0.717, 1.165) is 4.90 Å². The number of benzene rings is 1. The van der Waals surface area contributed by atoms with Crippen molar-refractivity contribution in [1.82, 2.24) is 0 Å². The largest absolute Gasteiger partial charge is 0.393 e. The molecule has 1 N–H and O–H groups in total. The van der Waals surface area contributed by atoms with Crippen molar-refractivity contribution in [2.45, 2.75) is 28.6 Å². The molecule has 2 nitrogen and oxygen atoms in total. The minimum Gasteiger partial charge on any atom is -0.393 e. The second-order valence-corrected chi connectivity index (χ2v) is 5.18. The number of thioether (sulfide) groups is 1. The molecule has 1 aromatic rings. The first-order valence-electron chi connectivity index (χ1n) is 4.67. The van der Waals surface area contributed by atoms with Crippen molar-refractivity contribution in [1.29, 1.82) is 5.26 Å². The molecular weight excluding hydrogens is 213 g/mol. The minimum absolute atomic E-state index is 0.298. The average Bonchev–Trinajstić information content (AvgIpc) is 2.15. The van der Waals surface area contributed by atoms with E-state index in [9.17, 15) is 9.50 Å². The van der Waals surface area contributed by atoms with E-state index in [1.54, 1.807) is 12.1 Å². The minimum atomic E-state index is -0.562. The van der Waals surface area contributed by atoms with Gasteiger partial charge in [0.25, 0.3) is 0 Å². The third-order valence-corrected chi connectivity index (χ3v) is 3.75. The third kappa shape index (κ3) is 2.14. The van der Waals surface area contributed by atoms with Gasteiger partial charge in [0.15, 0.2) is 0 Å². The van der Waals surface area contributed by atoms with Gasteiger partial charge in [-0.2, -0.15) is 5.26 Å². The zero-order valence-corrected chi connectivity index (χ0v) is 8.80. The molecule has 1 saturated carbocycles. The molecule has 0 spiro atoms. The Bertz CT molecular complexity index is 409. The summed E-state index contributed by atoms with van der Waals surface area (Å²) in [7, 11) is 0. The van der Waals surface area contributed by atoms with Crippen LogP contribution in [0.25, 0.3) is 0 Å². The number of nitrogens with zero attached hydrogens (tertiary/aromatic N) is 1. The Hall–Kier alpha value is -1.05. The fourth-order valence-electron chi connectivity index (χ4n) is 1.65. The molecule has 0 atom stereocenters. The monoisotopic (exact) mass is 223 g/mol. The highest BCUT2D eigenvalue weighted by Crippen LogP contribution is 2.47. The Morgan fingerprint density at radius 3 is 2.80 bits per heavy atom. The molecule has 1 aromatic carbocycles. The Balaban J connectivity index is 2.12. The van der Waals surface area contributed by atoms with Crippen LogP contribution in [0.1, 0.15) is 12.8 Å². The van der Waals surface area contributed by atoms with E-state index < -0.39 is 4.75 Å². The van der Waals surface area contributed by atoms with Crippen molar-refractivity contribution < 1.29 is 9.50 Å². The van der Waals surface area contributed by atoms with Crippen LogP contribution in [0, 0.1) is 17.1 Å². The molecule has 1 fully saturated rings. The van der Waals surface area contributed by atoms with Crippen LogP contribution in [0.3, 0.4) is 0 Å². The van der Waals surface area contributed by atoms with Gasteiger partial charge < -0.3 is 5.11 Å². The quantitative estimate of drug-likeness (QED) is 0.836. The van der Waals surface area contributed by atoms with Gasteiger partial charge in [0.1, 0.15) is 10.6 Å². The van der Waals surface area contributed by atoms with Gasteiger partial charge in [-0.1, -0.05) is 6.07 Å². The highest BCUT2D eigenvalue weighted by molar-refractivity contribution is 8.01. The van der Waals surface area contributed by atoms with Crippen molar-refractivity contribution in [2.24, 2.45) is 0 Å². The second-order valence-electron chi connectivity index (χ2n) is 3.73. The number of hydrogen-bond acceptors (Lipinski definition) is 3. The molecule has 1 aliphatic rings. The highest BCUT2D eigenvalue weighted by atomic mass is 32.2. The predicted octanol–water partition coefficient (Wildman–Crippen LogP) is 2.33. The smallest absolute Gasteiger partial charge is 0.124 e. The molecule has 0 aliphatic heterocycles. The van der Waals surface area contributed by atoms with E-state index >= 15 is 0 Å². The van der Waals surface area contributed by atoms with E-state index in [-0.39, 0.29) is 11.9 Å². The highest BCUT2D eigenvalue weighted by Gasteiger charge is 2.45. The van der Waals surface area contributed by atoms with Gasteiger partial charge in [-0.3, -0.25) is 0 Å². The summed E-state index contributed by atoms with van der Waals surface area (Å²) in [6, 6.07) is 8.38. The zero-order chi connectivity index (χ0) is 10.9. The molecule has 1 aliphatic carbocycles. The molecule has 0 aromatic heterocycles. The van der Waals surface area contributed by atoms with Crippen molar-refractivity contribution in [3.8, 4) is 6.07 Å². The summed E-state index contributed by atoms with van der Waals surface area (Å²) in [5.74, 6) is -0.298. The lowest BCUT2D eigenvalue weighted by molar-refractivity contribution is 0.0803. The lowest BCUT2D eigenvalue weighted by atomic mass is 9.82. The van der Waals surface area contributed by atoms with Gasteiger partial charge in [-0.25, -0.2) is 4.39 Å². The van der Waals surface area contributed by atoms with Crippen molar-refractivity contribution in [2.75, 3.05) is 0 Å². The van der Waals surface area contributed by atoms with Crippen LogP contribution in [0.4, 0.5) is 4.39 Å². The van der Waals surface area contributed by atoms with E-state index in [1.807, 2.05) is 0 Å². The molecule has 15 heavy (non-hydrogen) atoms. The number of aliphatic hydroxyl groups is 1. The van der Waals surface area contributed by atoms with Gasteiger partial charge in [0.2, 0.25) is 0 Å². The summed E-state index contributed by atoms with van der Waals surface area (Å²) in [5.41, 5.74) is 0. The van der Waals surface area contributed by atoms with Crippen LogP contribution in [0.2, 0.25) is 0 Å². The standard InChI is InChI=1S/C11H10FNOS/c12-8-2-1-3-10(4-8)15-11(7-13)5-9(14)6-11/h1-4,9,14H,5-6H2. The van der Waals surface area contributed by atoms with E-state index in [1.165, 1.54) is 23.9 Å². The SMILES string of the molecule is N#CC1(Sc2cccc(F)c2)CC(O)C1. The van der Waals surface area contributed by atoms with E-state index in [2.05, 4.69) is 6.07 Å². The molecule has 0 unspecified atom stereocenters.